The predicted molar refractivity (Wildman–Crippen MR) is 96.4 cm³/mol. The molecule has 0 radical (unpaired) electrons. The Morgan fingerprint density at radius 3 is 2.35 bits per heavy atom. The summed E-state index contributed by atoms with van der Waals surface area (Å²) in [6.07, 6.45) is 2.04. The first kappa shape index (κ1) is 22.4. The van der Waals surface area contributed by atoms with Gasteiger partial charge in [0.1, 0.15) is 0 Å². The maximum atomic E-state index is 12.7. The van der Waals surface area contributed by atoms with Crippen LogP contribution >= 0.6 is 24.8 Å². The van der Waals surface area contributed by atoms with Crippen molar-refractivity contribution in [3.63, 3.8) is 0 Å². The van der Waals surface area contributed by atoms with Gasteiger partial charge in [0, 0.05) is 39.3 Å². The molecule has 2 saturated heterocycles. The van der Waals surface area contributed by atoms with E-state index in [1.807, 2.05) is 11.8 Å². The first-order valence-electron chi connectivity index (χ1n) is 8.04. The summed E-state index contributed by atoms with van der Waals surface area (Å²) in [4.78, 5) is 28.4. The molecule has 2 amide bonds. The van der Waals surface area contributed by atoms with Gasteiger partial charge < -0.3 is 15.5 Å². The van der Waals surface area contributed by atoms with Gasteiger partial charge in [0.15, 0.2) is 0 Å². The molecule has 0 aromatic rings. The van der Waals surface area contributed by atoms with E-state index in [-0.39, 0.29) is 42.0 Å². The second kappa shape index (κ2) is 10.3. The van der Waals surface area contributed by atoms with Gasteiger partial charge in [0.05, 0.1) is 12.0 Å². The number of hydrogen-bond donors (Lipinski definition) is 2. The molecule has 1 unspecified atom stereocenters. The average Bonchev–Trinajstić information content (AvgIpc) is 2.48. The molecule has 8 heteroatoms. The van der Waals surface area contributed by atoms with E-state index in [1.54, 1.807) is 0 Å². The van der Waals surface area contributed by atoms with E-state index >= 15 is 0 Å². The zero-order valence-corrected chi connectivity index (χ0v) is 15.7. The molecule has 0 aromatic heterocycles. The number of carbonyl (C=O) groups excluding carboxylic acids is 2. The Bertz CT molecular complexity index is 382. The SMILES string of the molecule is CCNC(=O)CN1CCN(C(=O)C2(C)CCCNC2)CC1.Cl.Cl. The number of halogens is 2. The van der Waals surface area contributed by atoms with Crippen molar-refractivity contribution in [2.75, 3.05) is 52.4 Å². The van der Waals surface area contributed by atoms with Crippen molar-refractivity contribution in [3.8, 4) is 0 Å². The third-order valence-corrected chi connectivity index (χ3v) is 4.51. The van der Waals surface area contributed by atoms with Crippen LogP contribution in [-0.2, 0) is 9.59 Å². The Balaban J connectivity index is 0.00000242. The number of likely N-dealkylation sites (N-methyl/N-ethyl adjacent to an activating group) is 1. The smallest absolute Gasteiger partial charge is 0.234 e. The van der Waals surface area contributed by atoms with Gasteiger partial charge in [0.2, 0.25) is 11.8 Å². The Hall–Kier alpha value is -0.560. The maximum Gasteiger partial charge on any atom is 0.234 e. The van der Waals surface area contributed by atoms with E-state index < -0.39 is 0 Å². The molecule has 2 rings (SSSR count). The summed E-state index contributed by atoms with van der Waals surface area (Å²) in [7, 11) is 0. The molecule has 2 aliphatic heterocycles. The standard InChI is InChI=1S/C15H28N4O2.2ClH/c1-3-17-13(20)11-18-7-9-19(10-8-18)14(21)15(2)5-4-6-16-12-15;;/h16H,3-12H2,1-2H3,(H,17,20);2*1H. The summed E-state index contributed by atoms with van der Waals surface area (Å²) in [6.45, 7) is 9.93. The van der Waals surface area contributed by atoms with Crippen LogP contribution in [0.3, 0.4) is 0 Å². The summed E-state index contributed by atoms with van der Waals surface area (Å²) < 4.78 is 0. The van der Waals surface area contributed by atoms with Gasteiger partial charge in [-0.2, -0.15) is 0 Å². The molecule has 0 bridgehead atoms. The lowest BCUT2D eigenvalue weighted by Crippen LogP contribution is -2.56. The molecule has 1 atom stereocenters. The number of nitrogens with zero attached hydrogens (tertiary/aromatic N) is 2. The van der Waals surface area contributed by atoms with Gasteiger partial charge in [-0.3, -0.25) is 14.5 Å². The third kappa shape index (κ3) is 6.10. The van der Waals surface area contributed by atoms with Crippen molar-refractivity contribution in [1.29, 1.82) is 0 Å². The molecule has 6 nitrogen and oxygen atoms in total. The van der Waals surface area contributed by atoms with Crippen molar-refractivity contribution in [2.24, 2.45) is 5.41 Å². The Labute approximate surface area is 151 Å². The van der Waals surface area contributed by atoms with E-state index in [1.165, 1.54) is 0 Å². The minimum Gasteiger partial charge on any atom is -0.355 e. The fourth-order valence-corrected chi connectivity index (χ4v) is 3.19. The highest BCUT2D eigenvalue weighted by Gasteiger charge is 2.38. The van der Waals surface area contributed by atoms with Crippen LogP contribution in [0, 0.1) is 5.41 Å². The van der Waals surface area contributed by atoms with Gasteiger partial charge >= 0.3 is 0 Å². The van der Waals surface area contributed by atoms with Gasteiger partial charge in [0.25, 0.3) is 0 Å². The number of nitrogens with one attached hydrogen (secondary N) is 2. The molecular formula is C15H30Cl2N4O2. The molecule has 23 heavy (non-hydrogen) atoms. The lowest BCUT2D eigenvalue weighted by Gasteiger charge is -2.41. The summed E-state index contributed by atoms with van der Waals surface area (Å²) in [6, 6.07) is 0. The zero-order chi connectivity index (χ0) is 15.3. The largest absolute Gasteiger partial charge is 0.355 e. The highest BCUT2D eigenvalue weighted by Crippen LogP contribution is 2.28. The molecule has 2 fully saturated rings. The van der Waals surface area contributed by atoms with Gasteiger partial charge in [-0.05, 0) is 33.2 Å². The lowest BCUT2D eigenvalue weighted by molar-refractivity contribution is -0.144. The Morgan fingerprint density at radius 2 is 1.83 bits per heavy atom. The normalized spacial score (nSPS) is 25.0. The monoisotopic (exact) mass is 368 g/mol. The fraction of sp³-hybridized carbons (Fsp3) is 0.867. The quantitative estimate of drug-likeness (QED) is 0.758. The van der Waals surface area contributed by atoms with Crippen LogP contribution in [0.5, 0.6) is 0 Å². The molecule has 136 valence electrons. The van der Waals surface area contributed by atoms with Crippen LogP contribution in [0.1, 0.15) is 26.7 Å². The van der Waals surface area contributed by atoms with Gasteiger partial charge in [-0.15, -0.1) is 24.8 Å². The summed E-state index contributed by atoms with van der Waals surface area (Å²) in [5.74, 6) is 0.341. The topological polar surface area (TPSA) is 64.7 Å². The summed E-state index contributed by atoms with van der Waals surface area (Å²) in [5, 5.41) is 6.15. The molecule has 0 saturated carbocycles. The van der Waals surface area contributed by atoms with Crippen LogP contribution in [0.25, 0.3) is 0 Å². The summed E-state index contributed by atoms with van der Waals surface area (Å²) in [5.41, 5.74) is -0.250. The molecule has 2 heterocycles. The Morgan fingerprint density at radius 1 is 1.17 bits per heavy atom. The Kier molecular flexibility index (Phi) is 10.1. The number of amides is 2. The van der Waals surface area contributed by atoms with E-state index in [4.69, 9.17) is 0 Å². The van der Waals surface area contributed by atoms with E-state index in [2.05, 4.69) is 22.5 Å². The molecule has 2 N–H and O–H groups in total. The average molecular weight is 369 g/mol. The first-order chi connectivity index (χ1) is 10.0. The van der Waals surface area contributed by atoms with E-state index in [9.17, 15) is 9.59 Å². The minimum absolute atomic E-state index is 0. The van der Waals surface area contributed by atoms with Crippen molar-refractivity contribution in [1.82, 2.24) is 20.4 Å². The number of carbonyl (C=O) groups is 2. The lowest BCUT2D eigenvalue weighted by atomic mass is 9.81. The number of piperazine rings is 1. The maximum absolute atomic E-state index is 12.7. The number of rotatable bonds is 4. The fourth-order valence-electron chi connectivity index (χ4n) is 3.19. The number of hydrogen-bond acceptors (Lipinski definition) is 4. The molecule has 0 aliphatic carbocycles. The molecule has 2 aliphatic rings. The van der Waals surface area contributed by atoms with Crippen molar-refractivity contribution >= 4 is 36.6 Å². The van der Waals surface area contributed by atoms with Crippen LogP contribution in [-0.4, -0.2) is 74.0 Å². The number of piperidine rings is 1. The van der Waals surface area contributed by atoms with Gasteiger partial charge in [-0.1, -0.05) is 0 Å². The second-order valence-corrected chi connectivity index (χ2v) is 6.36. The van der Waals surface area contributed by atoms with Crippen LogP contribution in [0.4, 0.5) is 0 Å². The van der Waals surface area contributed by atoms with E-state index in [0.29, 0.717) is 13.1 Å². The third-order valence-electron chi connectivity index (χ3n) is 4.51. The summed E-state index contributed by atoms with van der Waals surface area (Å²) >= 11 is 0. The molecule has 0 spiro atoms. The van der Waals surface area contributed by atoms with Crippen molar-refractivity contribution < 1.29 is 9.59 Å². The second-order valence-electron chi connectivity index (χ2n) is 6.36. The van der Waals surface area contributed by atoms with E-state index in [0.717, 1.165) is 52.1 Å². The van der Waals surface area contributed by atoms with Crippen LogP contribution in [0.15, 0.2) is 0 Å². The van der Waals surface area contributed by atoms with Gasteiger partial charge in [-0.25, -0.2) is 0 Å². The highest BCUT2D eigenvalue weighted by atomic mass is 35.5. The molecular weight excluding hydrogens is 339 g/mol. The van der Waals surface area contributed by atoms with Crippen LogP contribution < -0.4 is 10.6 Å². The van der Waals surface area contributed by atoms with Crippen molar-refractivity contribution in [2.45, 2.75) is 26.7 Å². The first-order valence-corrected chi connectivity index (χ1v) is 8.04. The molecule has 0 aromatic carbocycles. The zero-order valence-electron chi connectivity index (χ0n) is 14.1. The van der Waals surface area contributed by atoms with Crippen molar-refractivity contribution in [3.05, 3.63) is 0 Å². The predicted octanol–water partition coefficient (Wildman–Crippen LogP) is 0.500. The minimum atomic E-state index is -0.250. The highest BCUT2D eigenvalue weighted by molar-refractivity contribution is 5.85. The van der Waals surface area contributed by atoms with Crippen LogP contribution in [0.2, 0.25) is 0 Å².